The maximum absolute atomic E-state index is 6.01. The predicted octanol–water partition coefficient (Wildman–Crippen LogP) is 7.25. The molecule has 3 atom stereocenters. The summed E-state index contributed by atoms with van der Waals surface area (Å²) in [5.41, 5.74) is 5.93. The highest BCUT2D eigenvalue weighted by molar-refractivity contribution is 5.63. The van der Waals surface area contributed by atoms with Crippen molar-refractivity contribution in [1.82, 2.24) is 0 Å². The monoisotopic (exact) mass is 506 g/mol. The molecule has 5 rings (SSSR count). The summed E-state index contributed by atoms with van der Waals surface area (Å²) >= 11 is 0. The molecule has 3 aromatic rings. The molecule has 0 saturated carbocycles. The standard InChI is InChI=1S/C34H34O4/c1-4-35-20-22-37-28-17-14-26(15-18-28)34(27-16-19-33(25(3)24-27)38-23-21-36-5-2)31-12-8-6-10-29(31)30-11-7-9-13-32(30)34/h4-19,24,29,31H,1-2,20-23H2,3H3. The molecule has 0 N–H and O–H groups in total. The van der Waals surface area contributed by atoms with Crippen molar-refractivity contribution in [2.24, 2.45) is 5.92 Å². The van der Waals surface area contributed by atoms with Gasteiger partial charge in [0.25, 0.3) is 0 Å². The van der Waals surface area contributed by atoms with E-state index < -0.39 is 0 Å². The predicted molar refractivity (Wildman–Crippen MR) is 152 cm³/mol. The third kappa shape index (κ3) is 4.63. The van der Waals surface area contributed by atoms with Crippen LogP contribution in [0.25, 0.3) is 0 Å². The summed E-state index contributed by atoms with van der Waals surface area (Å²) in [6.45, 7) is 11.2. The number of fused-ring (bicyclic) bond motifs is 3. The van der Waals surface area contributed by atoms with E-state index in [9.17, 15) is 0 Å². The first-order valence-corrected chi connectivity index (χ1v) is 13.1. The maximum Gasteiger partial charge on any atom is 0.122 e. The second-order valence-electron chi connectivity index (χ2n) is 9.49. The molecule has 0 aliphatic heterocycles. The topological polar surface area (TPSA) is 36.9 Å². The van der Waals surface area contributed by atoms with Crippen molar-refractivity contribution in [2.75, 3.05) is 26.4 Å². The number of ether oxygens (including phenoxy) is 4. The molecule has 0 radical (unpaired) electrons. The van der Waals surface area contributed by atoms with Gasteiger partial charge in [-0.05, 0) is 52.9 Å². The average Bonchev–Trinajstić information content (AvgIpc) is 3.26. The van der Waals surface area contributed by atoms with Gasteiger partial charge in [-0.25, -0.2) is 0 Å². The zero-order chi connectivity index (χ0) is 26.4. The number of benzene rings is 3. The summed E-state index contributed by atoms with van der Waals surface area (Å²) < 4.78 is 22.3. The van der Waals surface area contributed by atoms with Gasteiger partial charge >= 0.3 is 0 Å². The molecule has 4 heteroatoms. The molecule has 194 valence electrons. The Labute approximate surface area is 225 Å². The van der Waals surface area contributed by atoms with Gasteiger partial charge in [-0.15, -0.1) is 0 Å². The van der Waals surface area contributed by atoms with Crippen molar-refractivity contribution >= 4 is 0 Å². The summed E-state index contributed by atoms with van der Waals surface area (Å²) in [6.07, 6.45) is 11.9. The van der Waals surface area contributed by atoms with Crippen LogP contribution in [0.4, 0.5) is 0 Å². The molecule has 2 aliphatic carbocycles. The van der Waals surface area contributed by atoms with Crippen LogP contribution in [0.2, 0.25) is 0 Å². The number of hydrogen-bond donors (Lipinski definition) is 0. The van der Waals surface area contributed by atoms with Gasteiger partial charge < -0.3 is 18.9 Å². The molecule has 3 unspecified atom stereocenters. The first-order chi connectivity index (χ1) is 18.7. The Bertz CT molecular complexity index is 1340. The summed E-state index contributed by atoms with van der Waals surface area (Å²) in [4.78, 5) is 0. The van der Waals surface area contributed by atoms with Crippen molar-refractivity contribution in [2.45, 2.75) is 18.3 Å². The minimum Gasteiger partial charge on any atom is -0.498 e. The number of hydrogen-bond acceptors (Lipinski definition) is 4. The Morgan fingerprint density at radius 1 is 0.763 bits per heavy atom. The Hall–Kier alpha value is -4.18. The van der Waals surface area contributed by atoms with Gasteiger partial charge in [0, 0.05) is 11.8 Å². The van der Waals surface area contributed by atoms with Crippen LogP contribution >= 0.6 is 0 Å². The van der Waals surface area contributed by atoms with E-state index >= 15 is 0 Å². The first-order valence-electron chi connectivity index (χ1n) is 13.1. The number of aryl methyl sites for hydroxylation is 1. The highest BCUT2D eigenvalue weighted by Gasteiger charge is 2.52. The molecule has 0 heterocycles. The van der Waals surface area contributed by atoms with Crippen molar-refractivity contribution in [1.29, 1.82) is 0 Å². The van der Waals surface area contributed by atoms with E-state index in [1.807, 2.05) is 0 Å². The zero-order valence-electron chi connectivity index (χ0n) is 21.8. The van der Waals surface area contributed by atoms with Crippen LogP contribution < -0.4 is 9.47 Å². The van der Waals surface area contributed by atoms with Gasteiger partial charge in [0.05, 0.1) is 17.9 Å². The Kier molecular flexibility index (Phi) is 7.69. The van der Waals surface area contributed by atoms with E-state index in [2.05, 4.69) is 111 Å². The lowest BCUT2D eigenvalue weighted by Crippen LogP contribution is -2.35. The third-order valence-corrected chi connectivity index (χ3v) is 7.48. The molecule has 4 nitrogen and oxygen atoms in total. The van der Waals surface area contributed by atoms with E-state index in [1.165, 1.54) is 34.8 Å². The van der Waals surface area contributed by atoms with E-state index in [4.69, 9.17) is 18.9 Å². The Morgan fingerprint density at radius 2 is 1.45 bits per heavy atom. The zero-order valence-corrected chi connectivity index (χ0v) is 21.8. The molecule has 38 heavy (non-hydrogen) atoms. The minimum atomic E-state index is -0.359. The van der Waals surface area contributed by atoms with Gasteiger partial charge in [-0.1, -0.05) is 86.0 Å². The lowest BCUT2D eigenvalue weighted by molar-refractivity contribution is 0.179. The van der Waals surface area contributed by atoms with Crippen LogP contribution in [0.5, 0.6) is 11.5 Å². The molecule has 0 bridgehead atoms. The van der Waals surface area contributed by atoms with Crippen LogP contribution in [0.15, 0.2) is 117 Å². The van der Waals surface area contributed by atoms with E-state index in [1.54, 1.807) is 0 Å². The fourth-order valence-corrected chi connectivity index (χ4v) is 5.95. The van der Waals surface area contributed by atoms with Crippen molar-refractivity contribution in [3.63, 3.8) is 0 Å². The summed E-state index contributed by atoms with van der Waals surface area (Å²) in [5.74, 6) is 2.23. The van der Waals surface area contributed by atoms with Crippen LogP contribution in [0, 0.1) is 12.8 Å². The molecule has 0 aromatic heterocycles. The van der Waals surface area contributed by atoms with Crippen LogP contribution in [0.1, 0.15) is 33.7 Å². The lowest BCUT2D eigenvalue weighted by Gasteiger charge is -2.39. The quantitative estimate of drug-likeness (QED) is 0.192. The number of allylic oxidation sites excluding steroid dienone is 4. The van der Waals surface area contributed by atoms with Gasteiger partial charge in [-0.3, -0.25) is 0 Å². The van der Waals surface area contributed by atoms with E-state index in [-0.39, 0.29) is 11.3 Å². The number of rotatable bonds is 12. The van der Waals surface area contributed by atoms with Crippen LogP contribution in [-0.4, -0.2) is 26.4 Å². The highest BCUT2D eigenvalue weighted by atomic mass is 16.5. The lowest BCUT2D eigenvalue weighted by atomic mass is 9.63. The summed E-state index contributed by atoms with van der Waals surface area (Å²) in [6, 6.07) is 24.0. The maximum atomic E-state index is 6.01. The summed E-state index contributed by atoms with van der Waals surface area (Å²) in [5, 5.41) is 0. The smallest absolute Gasteiger partial charge is 0.122 e. The normalized spacial score (nSPS) is 20.8. The van der Waals surface area contributed by atoms with Crippen LogP contribution in [0.3, 0.4) is 0 Å². The molecule has 2 aliphatic rings. The fourth-order valence-electron chi connectivity index (χ4n) is 5.95. The van der Waals surface area contributed by atoms with Crippen molar-refractivity contribution < 1.29 is 18.9 Å². The van der Waals surface area contributed by atoms with E-state index in [0.29, 0.717) is 32.3 Å². The molecule has 0 saturated heterocycles. The molecular formula is C34H34O4. The molecule has 0 spiro atoms. The second-order valence-corrected chi connectivity index (χ2v) is 9.49. The molecule has 0 amide bonds. The second kappa shape index (κ2) is 11.5. The SMILES string of the molecule is C=COCCOc1ccc(C2(c3ccc(OCCOC=C)c(C)c3)c3ccccc3C3C=CC=CC32)cc1. The third-order valence-electron chi connectivity index (χ3n) is 7.48. The van der Waals surface area contributed by atoms with Crippen LogP contribution in [-0.2, 0) is 14.9 Å². The molecular weight excluding hydrogens is 472 g/mol. The molecule has 0 fully saturated rings. The first kappa shape index (κ1) is 25.5. The van der Waals surface area contributed by atoms with Gasteiger partial charge in [-0.2, -0.15) is 0 Å². The largest absolute Gasteiger partial charge is 0.498 e. The highest BCUT2D eigenvalue weighted by Crippen LogP contribution is 2.59. The molecule has 3 aromatic carbocycles. The van der Waals surface area contributed by atoms with Gasteiger partial charge in [0.2, 0.25) is 0 Å². The summed E-state index contributed by atoms with van der Waals surface area (Å²) in [7, 11) is 0. The Balaban J connectivity index is 1.58. The average molecular weight is 507 g/mol. The van der Waals surface area contributed by atoms with Crippen molar-refractivity contribution in [3.8, 4) is 11.5 Å². The van der Waals surface area contributed by atoms with Gasteiger partial charge in [0.1, 0.15) is 37.9 Å². The minimum absolute atomic E-state index is 0.241. The van der Waals surface area contributed by atoms with E-state index in [0.717, 1.165) is 17.1 Å². The van der Waals surface area contributed by atoms with Crippen molar-refractivity contribution in [3.05, 3.63) is 145 Å². The Morgan fingerprint density at radius 3 is 2.18 bits per heavy atom. The van der Waals surface area contributed by atoms with Gasteiger partial charge in [0.15, 0.2) is 0 Å². The fraction of sp³-hybridized carbons (Fsp3) is 0.235.